The molecule has 0 aromatic heterocycles. The number of carbonyl (C=O) groups is 1. The van der Waals surface area contributed by atoms with E-state index >= 15 is 0 Å². The van der Waals surface area contributed by atoms with Gasteiger partial charge in [0.15, 0.2) is 24.1 Å². The first-order valence-electron chi connectivity index (χ1n) is 9.27. The van der Waals surface area contributed by atoms with E-state index in [2.05, 4.69) is 0 Å². The first-order chi connectivity index (χ1) is 14.2. The van der Waals surface area contributed by atoms with Crippen LogP contribution in [0.4, 0.5) is 0 Å². The standard InChI is InChI=1S/C24H24O5/c1-26-24(27-2)20-13-21(15-25)23(29-17-19-11-7-4-8-12-19)22(14-20)28-16-18-9-5-3-6-10-18/h3-15,24H,16-17H2,1-2H3. The molecule has 3 aromatic rings. The number of benzene rings is 3. The van der Waals surface area contributed by atoms with Crippen LogP contribution in [0.1, 0.15) is 33.3 Å². The Balaban J connectivity index is 1.92. The molecule has 3 rings (SSSR count). The van der Waals surface area contributed by atoms with Crippen molar-refractivity contribution in [3.05, 3.63) is 95.1 Å². The number of hydrogen-bond acceptors (Lipinski definition) is 5. The van der Waals surface area contributed by atoms with Crippen LogP contribution in [0.15, 0.2) is 72.8 Å². The summed E-state index contributed by atoms with van der Waals surface area (Å²) in [5.41, 5.74) is 3.05. The zero-order chi connectivity index (χ0) is 20.5. The second kappa shape index (κ2) is 10.4. The molecule has 0 radical (unpaired) electrons. The van der Waals surface area contributed by atoms with E-state index in [1.165, 1.54) is 0 Å². The van der Waals surface area contributed by atoms with E-state index in [4.69, 9.17) is 18.9 Å². The summed E-state index contributed by atoms with van der Waals surface area (Å²) in [5.74, 6) is 0.859. The quantitative estimate of drug-likeness (QED) is 0.361. The summed E-state index contributed by atoms with van der Waals surface area (Å²) >= 11 is 0. The van der Waals surface area contributed by atoms with Gasteiger partial charge in [-0.3, -0.25) is 4.79 Å². The lowest BCUT2D eigenvalue weighted by Crippen LogP contribution is -2.08. The molecule has 0 heterocycles. The summed E-state index contributed by atoms with van der Waals surface area (Å²) in [5, 5.41) is 0. The summed E-state index contributed by atoms with van der Waals surface area (Å²) in [6.45, 7) is 0.662. The van der Waals surface area contributed by atoms with Crippen LogP contribution in [0.25, 0.3) is 0 Å². The SMILES string of the molecule is COC(OC)c1cc(C=O)c(OCc2ccccc2)c(OCc2ccccc2)c1. The van der Waals surface area contributed by atoms with Gasteiger partial charge in [-0.05, 0) is 23.3 Å². The van der Waals surface area contributed by atoms with Crippen molar-refractivity contribution < 1.29 is 23.7 Å². The Kier molecular flexibility index (Phi) is 7.39. The summed E-state index contributed by atoms with van der Waals surface area (Å²) < 4.78 is 22.7. The molecule has 0 aliphatic carbocycles. The van der Waals surface area contributed by atoms with Crippen LogP contribution in [0.5, 0.6) is 11.5 Å². The summed E-state index contributed by atoms with van der Waals surface area (Å²) in [6.07, 6.45) is 0.137. The van der Waals surface area contributed by atoms with E-state index in [0.29, 0.717) is 35.8 Å². The van der Waals surface area contributed by atoms with E-state index in [0.717, 1.165) is 17.4 Å². The molecule has 5 heteroatoms. The summed E-state index contributed by atoms with van der Waals surface area (Å²) in [6, 6.07) is 23.0. The van der Waals surface area contributed by atoms with Crippen LogP contribution < -0.4 is 9.47 Å². The fourth-order valence-corrected chi connectivity index (χ4v) is 2.96. The first-order valence-corrected chi connectivity index (χ1v) is 9.27. The van der Waals surface area contributed by atoms with E-state index in [1.807, 2.05) is 60.7 Å². The fourth-order valence-electron chi connectivity index (χ4n) is 2.96. The lowest BCUT2D eigenvalue weighted by atomic mass is 10.1. The topological polar surface area (TPSA) is 54.0 Å². The van der Waals surface area contributed by atoms with Gasteiger partial charge in [-0.1, -0.05) is 60.7 Å². The molecule has 0 unspecified atom stereocenters. The second-order valence-corrected chi connectivity index (χ2v) is 6.41. The zero-order valence-electron chi connectivity index (χ0n) is 16.5. The van der Waals surface area contributed by atoms with Crippen molar-refractivity contribution in [2.45, 2.75) is 19.5 Å². The molecule has 0 bridgehead atoms. The Labute approximate surface area is 170 Å². The highest BCUT2D eigenvalue weighted by molar-refractivity contribution is 5.81. The molecule has 0 aliphatic rings. The Morgan fingerprint density at radius 3 is 1.86 bits per heavy atom. The van der Waals surface area contributed by atoms with E-state index in [9.17, 15) is 4.79 Å². The molecule has 3 aromatic carbocycles. The van der Waals surface area contributed by atoms with Gasteiger partial charge in [0.25, 0.3) is 0 Å². The van der Waals surface area contributed by atoms with Crippen molar-refractivity contribution in [1.82, 2.24) is 0 Å². The largest absolute Gasteiger partial charge is 0.485 e. The molecule has 29 heavy (non-hydrogen) atoms. The van der Waals surface area contributed by atoms with E-state index in [-0.39, 0.29) is 0 Å². The molecule has 0 saturated heterocycles. The highest BCUT2D eigenvalue weighted by Crippen LogP contribution is 2.36. The van der Waals surface area contributed by atoms with Gasteiger partial charge >= 0.3 is 0 Å². The minimum absolute atomic E-state index is 0.320. The Bertz CT molecular complexity index is 905. The van der Waals surface area contributed by atoms with Gasteiger partial charge in [0.1, 0.15) is 13.2 Å². The van der Waals surface area contributed by atoms with Crippen LogP contribution in [0.3, 0.4) is 0 Å². The Morgan fingerprint density at radius 1 is 0.793 bits per heavy atom. The van der Waals surface area contributed by atoms with Crippen molar-refractivity contribution in [2.75, 3.05) is 14.2 Å². The number of aldehydes is 1. The van der Waals surface area contributed by atoms with Crippen molar-refractivity contribution >= 4 is 6.29 Å². The Hall–Kier alpha value is -3.15. The molecule has 0 saturated carbocycles. The normalized spacial score (nSPS) is 10.7. The maximum Gasteiger partial charge on any atom is 0.183 e. The highest BCUT2D eigenvalue weighted by atomic mass is 16.7. The number of ether oxygens (including phenoxy) is 4. The number of rotatable bonds is 10. The highest BCUT2D eigenvalue weighted by Gasteiger charge is 2.19. The molecular weight excluding hydrogens is 368 g/mol. The van der Waals surface area contributed by atoms with Gasteiger partial charge in [-0.2, -0.15) is 0 Å². The molecule has 150 valence electrons. The van der Waals surface area contributed by atoms with Crippen LogP contribution in [-0.2, 0) is 22.7 Å². The molecule has 5 nitrogen and oxygen atoms in total. The lowest BCUT2D eigenvalue weighted by molar-refractivity contribution is -0.106. The van der Waals surface area contributed by atoms with Gasteiger partial charge in [0.05, 0.1) is 5.56 Å². The first kappa shape index (κ1) is 20.6. The number of carbonyl (C=O) groups excluding carboxylic acids is 1. The van der Waals surface area contributed by atoms with Crippen LogP contribution in [-0.4, -0.2) is 20.5 Å². The van der Waals surface area contributed by atoms with Gasteiger partial charge in [0.2, 0.25) is 0 Å². The molecule has 0 spiro atoms. The average Bonchev–Trinajstić information content (AvgIpc) is 2.78. The van der Waals surface area contributed by atoms with Gasteiger partial charge < -0.3 is 18.9 Å². The smallest absolute Gasteiger partial charge is 0.183 e. The minimum atomic E-state index is -0.615. The molecule has 0 N–H and O–H groups in total. The van der Waals surface area contributed by atoms with Crippen molar-refractivity contribution in [3.8, 4) is 11.5 Å². The Morgan fingerprint density at radius 2 is 1.34 bits per heavy atom. The minimum Gasteiger partial charge on any atom is -0.485 e. The molecular formula is C24H24O5. The molecule has 0 atom stereocenters. The predicted molar refractivity (Wildman–Crippen MR) is 110 cm³/mol. The van der Waals surface area contributed by atoms with Crippen molar-refractivity contribution in [3.63, 3.8) is 0 Å². The zero-order valence-corrected chi connectivity index (χ0v) is 16.5. The molecule has 0 aliphatic heterocycles. The van der Waals surface area contributed by atoms with Crippen LogP contribution >= 0.6 is 0 Å². The number of methoxy groups -OCH3 is 2. The maximum absolute atomic E-state index is 11.8. The van der Waals surface area contributed by atoms with Crippen LogP contribution in [0, 0.1) is 0 Å². The van der Waals surface area contributed by atoms with Gasteiger partial charge in [-0.15, -0.1) is 0 Å². The molecule has 0 amide bonds. The third-order valence-electron chi connectivity index (χ3n) is 4.40. The third-order valence-corrected chi connectivity index (χ3v) is 4.40. The average molecular weight is 392 g/mol. The van der Waals surface area contributed by atoms with Crippen LogP contribution in [0.2, 0.25) is 0 Å². The van der Waals surface area contributed by atoms with E-state index in [1.54, 1.807) is 26.4 Å². The monoisotopic (exact) mass is 392 g/mol. The second-order valence-electron chi connectivity index (χ2n) is 6.41. The third kappa shape index (κ3) is 5.44. The number of hydrogen-bond donors (Lipinski definition) is 0. The summed E-state index contributed by atoms with van der Waals surface area (Å²) in [4.78, 5) is 11.8. The fraction of sp³-hybridized carbons (Fsp3) is 0.208. The van der Waals surface area contributed by atoms with Gasteiger partial charge in [0, 0.05) is 19.8 Å². The van der Waals surface area contributed by atoms with Gasteiger partial charge in [-0.25, -0.2) is 0 Å². The lowest BCUT2D eigenvalue weighted by Gasteiger charge is -2.19. The van der Waals surface area contributed by atoms with Crippen molar-refractivity contribution in [2.24, 2.45) is 0 Å². The van der Waals surface area contributed by atoms with Crippen molar-refractivity contribution in [1.29, 1.82) is 0 Å². The predicted octanol–water partition coefficient (Wildman–Crippen LogP) is 4.95. The molecule has 0 fully saturated rings. The van der Waals surface area contributed by atoms with E-state index < -0.39 is 6.29 Å². The summed E-state index contributed by atoms with van der Waals surface area (Å²) in [7, 11) is 3.08. The maximum atomic E-state index is 11.8.